The minimum Gasteiger partial charge on any atom is -0.192 e. The van der Waals surface area contributed by atoms with Gasteiger partial charge in [0.1, 0.15) is 12.1 Å². The van der Waals surface area contributed by atoms with Gasteiger partial charge in [-0.15, -0.1) is 22.7 Å². The normalized spacial score (nSPS) is 11.8. The lowest BCUT2D eigenvalue weighted by molar-refractivity contribution is 1.06. The van der Waals surface area contributed by atoms with E-state index in [0.717, 1.165) is 46.6 Å². The highest BCUT2D eigenvalue weighted by Gasteiger charge is 2.24. The Morgan fingerprint density at radius 2 is 1.04 bits per heavy atom. The van der Waals surface area contributed by atoms with Crippen LogP contribution < -0.4 is 0 Å². The average molecular weight is 383 g/mol. The fourth-order valence-electron chi connectivity index (χ4n) is 3.75. The van der Waals surface area contributed by atoms with Gasteiger partial charge in [0, 0.05) is 30.6 Å². The number of nitriles is 2. The van der Waals surface area contributed by atoms with E-state index < -0.39 is 0 Å². The quantitative estimate of drug-likeness (QED) is 0.526. The van der Waals surface area contributed by atoms with Crippen LogP contribution in [0.2, 0.25) is 0 Å². The highest BCUT2D eigenvalue weighted by Crippen LogP contribution is 2.41. The Balaban J connectivity index is 2.89. The minimum absolute atomic E-state index is 0.552. The third kappa shape index (κ3) is 3.37. The molecule has 2 rings (SSSR count). The van der Waals surface area contributed by atoms with Gasteiger partial charge >= 0.3 is 0 Å². The third-order valence-electron chi connectivity index (χ3n) is 4.86. The molecule has 0 atom stereocenters. The molecule has 0 saturated carbocycles. The largest absolute Gasteiger partial charge is 0.192 e. The predicted molar refractivity (Wildman–Crippen MR) is 114 cm³/mol. The smallest absolute Gasteiger partial charge is 0.101 e. The molecule has 0 unspecified atom stereocenters. The van der Waals surface area contributed by atoms with Crippen LogP contribution in [-0.2, 0) is 25.7 Å². The van der Waals surface area contributed by atoms with Crippen LogP contribution in [0, 0.1) is 36.5 Å². The highest BCUT2D eigenvalue weighted by atomic mass is 32.1. The first-order chi connectivity index (χ1) is 12.5. The summed E-state index contributed by atoms with van der Waals surface area (Å²) in [6.45, 7) is 12.7. The SMILES string of the molecule is CCc1sc(C)c(/C(C#N)=C(/C#N)c2c(C)sc(CC)c2CC)c1CC. The highest BCUT2D eigenvalue weighted by molar-refractivity contribution is 7.12. The molecule has 136 valence electrons. The molecule has 0 saturated heterocycles. The van der Waals surface area contributed by atoms with E-state index in [1.165, 1.54) is 20.9 Å². The van der Waals surface area contributed by atoms with Gasteiger partial charge in [-0.1, -0.05) is 27.7 Å². The number of hydrogen-bond donors (Lipinski definition) is 0. The Bertz CT molecular complexity index is 851. The second kappa shape index (κ2) is 8.67. The van der Waals surface area contributed by atoms with Gasteiger partial charge in [0.15, 0.2) is 0 Å². The van der Waals surface area contributed by atoms with Crippen LogP contribution in [0.4, 0.5) is 0 Å². The summed E-state index contributed by atoms with van der Waals surface area (Å²) in [7, 11) is 0. The molecule has 0 fully saturated rings. The van der Waals surface area contributed by atoms with Gasteiger partial charge in [0.2, 0.25) is 0 Å². The van der Waals surface area contributed by atoms with Crippen LogP contribution in [0.3, 0.4) is 0 Å². The summed E-state index contributed by atoms with van der Waals surface area (Å²) in [6, 6.07) is 4.79. The van der Waals surface area contributed by atoms with Crippen molar-refractivity contribution < 1.29 is 0 Å². The zero-order valence-corrected chi connectivity index (χ0v) is 18.2. The van der Waals surface area contributed by atoms with Crippen molar-refractivity contribution in [3.63, 3.8) is 0 Å². The van der Waals surface area contributed by atoms with Gasteiger partial charge in [0.05, 0.1) is 11.1 Å². The summed E-state index contributed by atoms with van der Waals surface area (Å²) in [6.07, 6.45) is 3.70. The van der Waals surface area contributed by atoms with E-state index in [1.807, 2.05) is 0 Å². The molecule has 0 N–H and O–H groups in total. The number of hydrogen-bond acceptors (Lipinski definition) is 4. The molecule has 2 heterocycles. The molecule has 0 aliphatic heterocycles. The molecule has 4 heteroatoms. The number of rotatable bonds is 6. The molecule has 2 aromatic rings. The Hall–Kier alpha value is -1.88. The fraction of sp³-hybridized carbons (Fsp3) is 0.455. The topological polar surface area (TPSA) is 47.6 Å². The van der Waals surface area contributed by atoms with Crippen LogP contribution in [-0.4, -0.2) is 0 Å². The molecular formula is C22H26N2S2. The minimum atomic E-state index is 0.552. The Morgan fingerprint density at radius 3 is 1.27 bits per heavy atom. The van der Waals surface area contributed by atoms with E-state index in [-0.39, 0.29) is 0 Å². The van der Waals surface area contributed by atoms with Crippen LogP contribution in [0.25, 0.3) is 11.1 Å². The molecule has 0 amide bonds. The van der Waals surface area contributed by atoms with Crippen molar-refractivity contribution in [1.29, 1.82) is 10.5 Å². The van der Waals surface area contributed by atoms with Gasteiger partial charge in [-0.2, -0.15) is 10.5 Å². The van der Waals surface area contributed by atoms with Crippen LogP contribution in [0.5, 0.6) is 0 Å². The lowest BCUT2D eigenvalue weighted by Gasteiger charge is -2.10. The van der Waals surface area contributed by atoms with Gasteiger partial charge in [0.25, 0.3) is 0 Å². The zero-order valence-electron chi connectivity index (χ0n) is 16.5. The average Bonchev–Trinajstić information content (AvgIpc) is 3.15. The summed E-state index contributed by atoms with van der Waals surface area (Å²) in [5, 5.41) is 20.1. The zero-order chi connectivity index (χ0) is 19.4. The van der Waals surface area contributed by atoms with E-state index >= 15 is 0 Å². The summed E-state index contributed by atoms with van der Waals surface area (Å²) in [5.74, 6) is 0. The molecule has 26 heavy (non-hydrogen) atoms. The van der Waals surface area contributed by atoms with Crippen LogP contribution in [0.1, 0.15) is 69.5 Å². The molecule has 2 nitrogen and oxygen atoms in total. The number of allylic oxidation sites excluding steroid dienone is 2. The first-order valence-corrected chi connectivity index (χ1v) is 10.9. The van der Waals surface area contributed by atoms with Crippen LogP contribution >= 0.6 is 22.7 Å². The van der Waals surface area contributed by atoms with Crippen molar-refractivity contribution in [2.75, 3.05) is 0 Å². The van der Waals surface area contributed by atoms with E-state index in [1.54, 1.807) is 22.7 Å². The van der Waals surface area contributed by atoms with Gasteiger partial charge < -0.3 is 0 Å². The lowest BCUT2D eigenvalue weighted by Crippen LogP contribution is -1.98. The molecule has 2 aromatic heterocycles. The van der Waals surface area contributed by atoms with Crippen LogP contribution in [0.15, 0.2) is 0 Å². The number of aryl methyl sites for hydroxylation is 4. The Labute approximate surface area is 165 Å². The molecule has 0 aliphatic carbocycles. The van der Waals surface area contributed by atoms with Crippen molar-refractivity contribution in [2.24, 2.45) is 0 Å². The Kier molecular flexibility index (Phi) is 6.81. The van der Waals surface area contributed by atoms with E-state index in [4.69, 9.17) is 0 Å². The molecule has 0 aromatic carbocycles. The monoisotopic (exact) mass is 382 g/mol. The van der Waals surface area contributed by atoms with E-state index in [9.17, 15) is 10.5 Å². The second-order valence-electron chi connectivity index (χ2n) is 6.26. The molecule has 0 radical (unpaired) electrons. The van der Waals surface area contributed by atoms with Crippen molar-refractivity contribution in [3.05, 3.63) is 41.8 Å². The van der Waals surface area contributed by atoms with Crippen molar-refractivity contribution in [3.8, 4) is 12.1 Å². The maximum absolute atomic E-state index is 10.0. The first-order valence-electron chi connectivity index (χ1n) is 9.26. The van der Waals surface area contributed by atoms with Gasteiger partial charge in [-0.3, -0.25) is 0 Å². The Morgan fingerprint density at radius 1 is 0.692 bits per heavy atom. The maximum atomic E-state index is 10.0. The summed E-state index contributed by atoms with van der Waals surface area (Å²) in [5.41, 5.74) is 5.58. The van der Waals surface area contributed by atoms with Crippen molar-refractivity contribution in [2.45, 2.75) is 67.2 Å². The fourth-order valence-corrected chi connectivity index (χ4v) is 6.17. The molecule has 0 aliphatic rings. The molecule has 0 bridgehead atoms. The summed E-state index contributed by atoms with van der Waals surface area (Å²) in [4.78, 5) is 4.95. The number of nitrogens with zero attached hydrogens (tertiary/aromatic N) is 2. The molecular weight excluding hydrogens is 356 g/mol. The molecule has 0 spiro atoms. The van der Waals surface area contributed by atoms with E-state index in [2.05, 4.69) is 53.7 Å². The first kappa shape index (κ1) is 20.4. The number of thiophene rings is 2. The van der Waals surface area contributed by atoms with E-state index in [0.29, 0.717) is 11.1 Å². The second-order valence-corrected chi connectivity index (χ2v) is 8.88. The third-order valence-corrected chi connectivity index (χ3v) is 7.44. The lowest BCUT2D eigenvalue weighted by atomic mass is 9.89. The van der Waals surface area contributed by atoms with Gasteiger partial charge in [-0.05, 0) is 50.7 Å². The maximum Gasteiger partial charge on any atom is 0.101 e. The summed E-state index contributed by atoms with van der Waals surface area (Å²) < 4.78 is 0. The predicted octanol–water partition coefficient (Wildman–Crippen LogP) is 6.63. The van der Waals surface area contributed by atoms with Gasteiger partial charge in [-0.25, -0.2) is 0 Å². The standard InChI is InChI=1S/C22H26N2S2/c1-7-15-19(9-3)25-13(5)21(15)17(11-23)18(12-24)22-14(6)26-20(10-4)16(22)8-2/h7-10H2,1-6H3/b18-17-. The van der Waals surface area contributed by atoms with Crippen molar-refractivity contribution >= 4 is 33.8 Å². The summed E-state index contributed by atoms with van der Waals surface area (Å²) >= 11 is 3.53. The van der Waals surface area contributed by atoms with Crippen molar-refractivity contribution in [1.82, 2.24) is 0 Å².